The molecule has 5 nitrogen and oxygen atoms in total. The molecule has 0 aliphatic rings. The van der Waals surface area contributed by atoms with Crippen molar-refractivity contribution in [1.82, 2.24) is 15.0 Å². The third-order valence-corrected chi connectivity index (χ3v) is 4.23. The number of nitrogens with one attached hydrogen (secondary N) is 1. The highest BCUT2D eigenvalue weighted by molar-refractivity contribution is 5.80. The van der Waals surface area contributed by atoms with Crippen LogP contribution in [-0.2, 0) is 0 Å². The highest BCUT2D eigenvalue weighted by Gasteiger charge is 2.09. The van der Waals surface area contributed by atoms with Crippen molar-refractivity contribution in [1.29, 1.82) is 5.26 Å². The second-order valence-corrected chi connectivity index (χ2v) is 6.09. The Morgan fingerprint density at radius 1 is 1.07 bits per heavy atom. The lowest BCUT2D eigenvalue weighted by atomic mass is 10.1. The molecule has 148 valence electrons. The summed E-state index contributed by atoms with van der Waals surface area (Å²) in [5.74, 6) is 0.141. The summed E-state index contributed by atoms with van der Waals surface area (Å²) in [5.41, 5.74) is 3.10. The molecule has 0 amide bonds. The van der Waals surface area contributed by atoms with Crippen molar-refractivity contribution in [2.24, 2.45) is 0 Å². The second kappa shape index (κ2) is 9.39. The molecule has 1 N–H and O–H groups in total. The normalized spacial score (nSPS) is 9.93. The smallest absolute Gasteiger partial charge is 0.161 e. The average Bonchev–Trinajstić information content (AvgIpc) is 2.80. The first-order valence-electron chi connectivity index (χ1n) is 9.48. The molecular formula is C24H20FN5. The van der Waals surface area contributed by atoms with Crippen molar-refractivity contribution >= 4 is 22.5 Å². The Morgan fingerprint density at radius 3 is 2.60 bits per heavy atom. The van der Waals surface area contributed by atoms with E-state index in [1.807, 2.05) is 44.2 Å². The van der Waals surface area contributed by atoms with Crippen molar-refractivity contribution in [2.45, 2.75) is 13.8 Å². The summed E-state index contributed by atoms with van der Waals surface area (Å²) >= 11 is 0. The van der Waals surface area contributed by atoms with Crippen molar-refractivity contribution in [3.8, 4) is 17.3 Å². The number of benzene rings is 1. The van der Waals surface area contributed by atoms with Gasteiger partial charge in [0.15, 0.2) is 5.65 Å². The lowest BCUT2D eigenvalue weighted by Gasteiger charge is -2.10. The van der Waals surface area contributed by atoms with Gasteiger partial charge in [-0.05, 0) is 54.6 Å². The zero-order chi connectivity index (χ0) is 21.5. The molecule has 0 saturated carbocycles. The summed E-state index contributed by atoms with van der Waals surface area (Å²) in [5, 5.41) is 12.9. The Morgan fingerprint density at radius 2 is 1.90 bits per heavy atom. The number of hydrogen-bond acceptors (Lipinski definition) is 5. The van der Waals surface area contributed by atoms with Crippen LogP contribution in [0.25, 0.3) is 28.0 Å². The van der Waals surface area contributed by atoms with Gasteiger partial charge in [-0.25, -0.2) is 14.4 Å². The fourth-order valence-electron chi connectivity index (χ4n) is 2.77. The number of anilines is 1. The van der Waals surface area contributed by atoms with E-state index in [4.69, 9.17) is 5.26 Å². The van der Waals surface area contributed by atoms with Gasteiger partial charge >= 0.3 is 0 Å². The minimum atomic E-state index is -0.482. The molecule has 0 aliphatic carbocycles. The third-order valence-electron chi connectivity index (χ3n) is 4.23. The topological polar surface area (TPSA) is 74.5 Å². The first-order valence-corrected chi connectivity index (χ1v) is 9.48. The third kappa shape index (κ3) is 4.47. The van der Waals surface area contributed by atoms with Crippen LogP contribution >= 0.6 is 0 Å². The summed E-state index contributed by atoms with van der Waals surface area (Å²) in [7, 11) is 0. The van der Waals surface area contributed by atoms with E-state index in [1.165, 1.54) is 6.07 Å². The van der Waals surface area contributed by atoms with Gasteiger partial charge in [-0.3, -0.25) is 4.98 Å². The van der Waals surface area contributed by atoms with Gasteiger partial charge in [-0.1, -0.05) is 20.4 Å². The number of fused-ring (bicyclic) bond motifs is 1. The summed E-state index contributed by atoms with van der Waals surface area (Å²) < 4.78 is 14.2. The van der Waals surface area contributed by atoms with Gasteiger partial charge in [-0.15, -0.1) is 0 Å². The van der Waals surface area contributed by atoms with Crippen LogP contribution < -0.4 is 5.32 Å². The maximum atomic E-state index is 14.2. The molecule has 0 bridgehead atoms. The number of pyridine rings is 3. The Bertz CT molecular complexity index is 1230. The molecule has 0 saturated heterocycles. The van der Waals surface area contributed by atoms with Gasteiger partial charge in [-0.2, -0.15) is 5.26 Å². The number of halogens is 1. The fraction of sp³-hybridized carbons (Fsp3) is 0.0833. The van der Waals surface area contributed by atoms with E-state index in [-0.39, 0.29) is 5.56 Å². The molecule has 0 radical (unpaired) electrons. The summed E-state index contributed by atoms with van der Waals surface area (Å²) in [6.45, 7) is 8.02. The van der Waals surface area contributed by atoms with Crippen LogP contribution in [0.3, 0.4) is 0 Å². The Kier molecular flexibility index (Phi) is 6.46. The van der Waals surface area contributed by atoms with Crippen LogP contribution in [0.1, 0.15) is 25.0 Å². The first-order chi connectivity index (χ1) is 14.6. The minimum Gasteiger partial charge on any atom is -0.340 e. The highest BCUT2D eigenvalue weighted by atomic mass is 19.1. The summed E-state index contributed by atoms with van der Waals surface area (Å²) in [6, 6.07) is 17.3. The molecule has 4 rings (SSSR count). The predicted molar refractivity (Wildman–Crippen MR) is 118 cm³/mol. The Labute approximate surface area is 174 Å². The lowest BCUT2D eigenvalue weighted by molar-refractivity contribution is 0.630. The quantitative estimate of drug-likeness (QED) is 0.470. The summed E-state index contributed by atoms with van der Waals surface area (Å²) in [6.07, 6.45) is 3.31. The summed E-state index contributed by atoms with van der Waals surface area (Å²) in [4.78, 5) is 13.0. The average molecular weight is 397 g/mol. The number of aromatic nitrogens is 3. The molecule has 0 fully saturated rings. The monoisotopic (exact) mass is 397 g/mol. The number of hydrogen-bond donors (Lipinski definition) is 1. The molecule has 0 unspecified atom stereocenters. The van der Waals surface area contributed by atoms with Crippen LogP contribution in [0.2, 0.25) is 0 Å². The van der Waals surface area contributed by atoms with Crippen molar-refractivity contribution in [3.05, 3.63) is 90.5 Å². The molecule has 0 atom stereocenters. The molecule has 3 aromatic heterocycles. The van der Waals surface area contributed by atoms with E-state index in [2.05, 4.69) is 26.8 Å². The molecule has 6 heteroatoms. The van der Waals surface area contributed by atoms with E-state index in [9.17, 15) is 4.39 Å². The van der Waals surface area contributed by atoms with E-state index < -0.39 is 5.82 Å². The van der Waals surface area contributed by atoms with Gasteiger partial charge in [0.25, 0.3) is 0 Å². The van der Waals surface area contributed by atoms with Gasteiger partial charge in [0, 0.05) is 34.6 Å². The number of rotatable bonds is 4. The first kappa shape index (κ1) is 20.6. The molecular weight excluding hydrogens is 377 g/mol. The standard InChI is InChI=1S/C22H14FN5.C2H6/c1-14(27-21-9-6-16-3-2-10-25-22(16)28-21)17-5-8-20(26-13-17)18-7-4-15(12-24)11-19(18)23;1-2/h2-11,13H,1H2,(H,25,27,28);1-2H3. The maximum Gasteiger partial charge on any atom is 0.161 e. The van der Waals surface area contributed by atoms with Crippen LogP contribution in [0.15, 0.2) is 73.6 Å². The van der Waals surface area contributed by atoms with Crippen LogP contribution in [-0.4, -0.2) is 15.0 Å². The van der Waals surface area contributed by atoms with E-state index in [0.29, 0.717) is 28.4 Å². The van der Waals surface area contributed by atoms with E-state index in [0.717, 1.165) is 10.9 Å². The lowest BCUT2D eigenvalue weighted by Crippen LogP contribution is -2.01. The number of nitriles is 1. The molecule has 30 heavy (non-hydrogen) atoms. The molecule has 0 aliphatic heterocycles. The minimum absolute atomic E-state index is 0.271. The van der Waals surface area contributed by atoms with Crippen LogP contribution in [0.4, 0.5) is 10.2 Å². The zero-order valence-electron chi connectivity index (χ0n) is 16.7. The van der Waals surface area contributed by atoms with Crippen molar-refractivity contribution < 1.29 is 4.39 Å². The van der Waals surface area contributed by atoms with Gasteiger partial charge in [0.1, 0.15) is 11.6 Å². The highest BCUT2D eigenvalue weighted by Crippen LogP contribution is 2.24. The van der Waals surface area contributed by atoms with Crippen molar-refractivity contribution in [3.63, 3.8) is 0 Å². The SMILES string of the molecule is C=C(Nc1ccc2cccnc2n1)c1ccc(-c2ccc(C#N)cc2F)nc1.CC. The predicted octanol–water partition coefficient (Wildman–Crippen LogP) is 5.81. The largest absolute Gasteiger partial charge is 0.340 e. The fourth-order valence-corrected chi connectivity index (χ4v) is 2.77. The molecule has 3 heterocycles. The zero-order valence-corrected chi connectivity index (χ0v) is 16.7. The molecule has 1 aromatic carbocycles. The van der Waals surface area contributed by atoms with Gasteiger partial charge in [0.05, 0.1) is 17.3 Å². The second-order valence-electron chi connectivity index (χ2n) is 6.09. The van der Waals surface area contributed by atoms with Crippen molar-refractivity contribution in [2.75, 3.05) is 5.32 Å². The van der Waals surface area contributed by atoms with E-state index >= 15 is 0 Å². The van der Waals surface area contributed by atoms with E-state index in [1.54, 1.807) is 36.7 Å². The maximum absolute atomic E-state index is 14.2. The molecule has 4 aromatic rings. The molecule has 0 spiro atoms. The van der Waals surface area contributed by atoms with Crippen LogP contribution in [0, 0.1) is 17.1 Å². The Balaban J connectivity index is 0.00000124. The van der Waals surface area contributed by atoms with Gasteiger partial charge in [0.2, 0.25) is 0 Å². The van der Waals surface area contributed by atoms with Crippen LogP contribution in [0.5, 0.6) is 0 Å². The Hall–Kier alpha value is -4.11. The number of nitrogens with zero attached hydrogens (tertiary/aromatic N) is 4. The van der Waals surface area contributed by atoms with Gasteiger partial charge < -0.3 is 5.32 Å².